The molecule has 0 bridgehead atoms. The predicted octanol–water partition coefficient (Wildman–Crippen LogP) is 3.84. The number of fused-ring (bicyclic) bond motifs is 1. The van der Waals surface area contributed by atoms with E-state index in [1.807, 2.05) is 79.7 Å². The molecule has 3 aromatic rings. The molecule has 0 heterocycles. The molecule has 0 radical (unpaired) electrons. The predicted molar refractivity (Wildman–Crippen MR) is 109 cm³/mol. The van der Waals surface area contributed by atoms with E-state index in [1.54, 1.807) is 12.1 Å². The van der Waals surface area contributed by atoms with Crippen LogP contribution in [-0.2, 0) is 10.0 Å². The average molecular weight is 391 g/mol. The van der Waals surface area contributed by atoms with E-state index in [0.29, 0.717) is 6.54 Å². The number of rotatable bonds is 6. The van der Waals surface area contributed by atoms with Crippen LogP contribution in [0.3, 0.4) is 0 Å². The smallest absolute Gasteiger partial charge is 0.240 e. The van der Waals surface area contributed by atoms with Gasteiger partial charge in [-0.2, -0.15) is 0 Å². The fourth-order valence-electron chi connectivity index (χ4n) is 2.88. The largest absolute Gasteiger partial charge is 0.301 e. The second kappa shape index (κ2) is 8.64. The number of sulfonamides is 1. The lowest BCUT2D eigenvalue weighted by Crippen LogP contribution is -2.34. The molecule has 3 rings (SSSR count). The van der Waals surface area contributed by atoms with Gasteiger partial charge in [0.1, 0.15) is 0 Å². The fourth-order valence-corrected chi connectivity index (χ4v) is 3.95. The van der Waals surface area contributed by atoms with Gasteiger partial charge in [0.2, 0.25) is 10.0 Å². The Kier molecular flexibility index (Phi) is 6.78. The van der Waals surface area contributed by atoms with Gasteiger partial charge in [-0.3, -0.25) is 0 Å². The number of nitrogens with one attached hydrogen (secondary N) is 1. The van der Waals surface area contributed by atoms with Gasteiger partial charge in [0, 0.05) is 12.6 Å². The SMILES string of the molecule is CN(C)C(CNS(=O)(=O)c1ccc2ccccc2c1)c1ccccc1.Cl. The Labute approximate surface area is 161 Å². The molecule has 1 N–H and O–H groups in total. The van der Waals surface area contributed by atoms with Crippen LogP contribution in [0.2, 0.25) is 0 Å². The van der Waals surface area contributed by atoms with Crippen molar-refractivity contribution >= 4 is 33.2 Å². The Morgan fingerprint density at radius 2 is 1.50 bits per heavy atom. The van der Waals surface area contributed by atoms with Crippen LogP contribution in [0.5, 0.6) is 0 Å². The Balaban J connectivity index is 0.00000243. The van der Waals surface area contributed by atoms with Gasteiger partial charge in [0.15, 0.2) is 0 Å². The molecule has 1 unspecified atom stereocenters. The molecule has 0 fully saturated rings. The molecule has 0 aromatic heterocycles. The van der Waals surface area contributed by atoms with Crippen LogP contribution < -0.4 is 4.72 Å². The number of likely N-dealkylation sites (N-methyl/N-ethyl adjacent to an activating group) is 1. The molecule has 0 aliphatic carbocycles. The van der Waals surface area contributed by atoms with E-state index in [9.17, 15) is 8.42 Å². The lowest BCUT2D eigenvalue weighted by molar-refractivity contribution is 0.299. The van der Waals surface area contributed by atoms with E-state index in [-0.39, 0.29) is 23.3 Å². The summed E-state index contributed by atoms with van der Waals surface area (Å²) in [5.41, 5.74) is 1.08. The maximum atomic E-state index is 12.7. The van der Waals surface area contributed by atoms with Crippen LogP contribution in [0.4, 0.5) is 0 Å². The zero-order valence-electron chi connectivity index (χ0n) is 14.8. The Morgan fingerprint density at radius 3 is 2.15 bits per heavy atom. The lowest BCUT2D eigenvalue weighted by atomic mass is 10.1. The van der Waals surface area contributed by atoms with E-state index in [1.165, 1.54) is 0 Å². The topological polar surface area (TPSA) is 49.4 Å². The standard InChI is InChI=1S/C20H22N2O2S.ClH/c1-22(2)20(17-9-4-3-5-10-17)15-21-25(23,24)19-13-12-16-8-6-7-11-18(16)14-19;/h3-14,20-21H,15H2,1-2H3;1H. The zero-order valence-corrected chi connectivity index (χ0v) is 16.4. The fraction of sp³-hybridized carbons (Fsp3) is 0.200. The van der Waals surface area contributed by atoms with Gasteiger partial charge >= 0.3 is 0 Å². The van der Waals surface area contributed by atoms with Crippen molar-refractivity contribution in [2.45, 2.75) is 10.9 Å². The maximum Gasteiger partial charge on any atom is 0.240 e. The summed E-state index contributed by atoms with van der Waals surface area (Å²) >= 11 is 0. The first-order valence-corrected chi connectivity index (χ1v) is 9.65. The summed E-state index contributed by atoms with van der Waals surface area (Å²) in [5.74, 6) is 0. The number of hydrogen-bond acceptors (Lipinski definition) is 3. The van der Waals surface area contributed by atoms with Crippen molar-refractivity contribution in [2.75, 3.05) is 20.6 Å². The van der Waals surface area contributed by atoms with Crippen molar-refractivity contribution in [2.24, 2.45) is 0 Å². The van der Waals surface area contributed by atoms with Crippen LogP contribution in [0, 0.1) is 0 Å². The second-order valence-corrected chi connectivity index (χ2v) is 8.02. The van der Waals surface area contributed by atoms with E-state index in [2.05, 4.69) is 4.72 Å². The summed E-state index contributed by atoms with van der Waals surface area (Å²) < 4.78 is 28.2. The van der Waals surface area contributed by atoms with Gasteiger partial charge in [0.05, 0.1) is 4.90 Å². The van der Waals surface area contributed by atoms with Crippen molar-refractivity contribution in [3.05, 3.63) is 78.4 Å². The summed E-state index contributed by atoms with van der Waals surface area (Å²) in [7, 11) is 0.328. The second-order valence-electron chi connectivity index (χ2n) is 6.25. The molecule has 4 nitrogen and oxygen atoms in total. The van der Waals surface area contributed by atoms with E-state index in [4.69, 9.17) is 0 Å². The van der Waals surface area contributed by atoms with E-state index < -0.39 is 10.0 Å². The minimum absolute atomic E-state index is 0. The monoisotopic (exact) mass is 390 g/mol. The molecule has 3 aromatic carbocycles. The minimum atomic E-state index is -3.56. The normalized spacial score (nSPS) is 12.7. The van der Waals surface area contributed by atoms with Crippen LogP contribution in [0.15, 0.2) is 77.7 Å². The van der Waals surface area contributed by atoms with Crippen molar-refractivity contribution in [3.63, 3.8) is 0 Å². The zero-order chi connectivity index (χ0) is 17.9. The number of benzene rings is 3. The third-order valence-electron chi connectivity index (χ3n) is 4.31. The van der Waals surface area contributed by atoms with Crippen LogP contribution in [0.1, 0.15) is 11.6 Å². The summed E-state index contributed by atoms with van der Waals surface area (Å²) in [6.45, 7) is 0.312. The third-order valence-corrected chi connectivity index (χ3v) is 5.73. The van der Waals surface area contributed by atoms with Crippen LogP contribution in [0.25, 0.3) is 10.8 Å². The molecule has 138 valence electrons. The highest BCUT2D eigenvalue weighted by atomic mass is 35.5. The maximum absolute atomic E-state index is 12.7. The molecule has 0 saturated carbocycles. The van der Waals surface area contributed by atoms with E-state index in [0.717, 1.165) is 16.3 Å². The average Bonchev–Trinajstić information content (AvgIpc) is 2.62. The number of nitrogens with zero attached hydrogens (tertiary/aromatic N) is 1. The molecule has 6 heteroatoms. The van der Waals surface area contributed by atoms with Crippen molar-refractivity contribution in [1.29, 1.82) is 0 Å². The number of hydrogen-bond donors (Lipinski definition) is 1. The summed E-state index contributed by atoms with van der Waals surface area (Å²) in [5, 5.41) is 1.94. The van der Waals surface area contributed by atoms with Crippen molar-refractivity contribution < 1.29 is 8.42 Å². The molecule has 0 aliphatic rings. The molecule has 0 amide bonds. The Morgan fingerprint density at radius 1 is 0.885 bits per heavy atom. The minimum Gasteiger partial charge on any atom is -0.301 e. The Bertz CT molecular complexity index is 960. The lowest BCUT2D eigenvalue weighted by Gasteiger charge is -2.25. The first-order valence-electron chi connectivity index (χ1n) is 8.17. The molecule has 0 spiro atoms. The summed E-state index contributed by atoms with van der Waals surface area (Å²) in [4.78, 5) is 2.30. The van der Waals surface area contributed by atoms with Gasteiger partial charge in [-0.1, -0.05) is 60.7 Å². The molecule has 0 aliphatic heterocycles. The highest BCUT2D eigenvalue weighted by Gasteiger charge is 2.19. The Hall–Kier alpha value is -1.92. The third kappa shape index (κ3) is 4.62. The van der Waals surface area contributed by atoms with Gasteiger partial charge in [-0.15, -0.1) is 12.4 Å². The highest BCUT2D eigenvalue weighted by Crippen LogP contribution is 2.21. The first kappa shape index (κ1) is 20.4. The van der Waals surface area contributed by atoms with Crippen molar-refractivity contribution in [3.8, 4) is 0 Å². The molecule has 26 heavy (non-hydrogen) atoms. The van der Waals surface area contributed by atoms with Crippen molar-refractivity contribution in [1.82, 2.24) is 9.62 Å². The van der Waals surface area contributed by atoms with Gasteiger partial charge < -0.3 is 4.90 Å². The molecular formula is C20H23ClN2O2S. The quantitative estimate of drug-likeness (QED) is 0.695. The number of halogens is 1. The van der Waals surface area contributed by atoms with Crippen LogP contribution >= 0.6 is 12.4 Å². The highest BCUT2D eigenvalue weighted by molar-refractivity contribution is 7.89. The molecule has 1 atom stereocenters. The summed E-state index contributed by atoms with van der Waals surface area (Å²) in [6, 6.07) is 22.8. The molecular weight excluding hydrogens is 368 g/mol. The summed E-state index contributed by atoms with van der Waals surface area (Å²) in [6.07, 6.45) is 0. The van der Waals surface area contributed by atoms with E-state index >= 15 is 0 Å². The van der Waals surface area contributed by atoms with Crippen LogP contribution in [-0.4, -0.2) is 34.0 Å². The van der Waals surface area contributed by atoms with Gasteiger partial charge in [-0.05, 0) is 42.6 Å². The van der Waals surface area contributed by atoms with Gasteiger partial charge in [0.25, 0.3) is 0 Å². The molecule has 0 saturated heterocycles. The first-order chi connectivity index (χ1) is 12.0. The van der Waals surface area contributed by atoms with Gasteiger partial charge in [-0.25, -0.2) is 13.1 Å².